The topological polar surface area (TPSA) is 51.2 Å². The van der Waals surface area contributed by atoms with Gasteiger partial charge in [0, 0.05) is 5.54 Å². The van der Waals surface area contributed by atoms with E-state index in [0.29, 0.717) is 11.3 Å². The molecule has 1 heterocycles. The largest absolute Gasteiger partial charge is 0.465 e. The lowest BCUT2D eigenvalue weighted by Crippen LogP contribution is -2.26. The van der Waals surface area contributed by atoms with Crippen LogP contribution in [-0.2, 0) is 4.74 Å². The molecule has 1 aromatic rings. The number of pyridine rings is 1. The summed E-state index contributed by atoms with van der Waals surface area (Å²) in [5, 5.41) is 3.24. The third-order valence-corrected chi connectivity index (χ3v) is 1.99. The second kappa shape index (κ2) is 4.51. The molecule has 16 heavy (non-hydrogen) atoms. The molecule has 0 spiro atoms. The molecule has 88 valence electrons. The Kier molecular flexibility index (Phi) is 3.52. The summed E-state index contributed by atoms with van der Waals surface area (Å²) in [6.45, 7) is 7.95. The second-order valence-electron chi connectivity index (χ2n) is 4.70. The summed E-state index contributed by atoms with van der Waals surface area (Å²) in [7, 11) is 1.36. The smallest absolute Gasteiger partial charge is 0.339 e. The molecule has 1 rings (SSSR count). The maximum absolute atomic E-state index is 11.3. The quantitative estimate of drug-likeness (QED) is 0.780. The molecule has 0 fully saturated rings. The van der Waals surface area contributed by atoms with Gasteiger partial charge in [0.15, 0.2) is 0 Å². The molecule has 0 amide bonds. The molecule has 0 aliphatic carbocycles. The van der Waals surface area contributed by atoms with E-state index in [1.807, 2.05) is 0 Å². The Balaban J connectivity index is 2.96. The summed E-state index contributed by atoms with van der Waals surface area (Å²) in [4.78, 5) is 15.7. The minimum Gasteiger partial charge on any atom is -0.465 e. The molecule has 0 aromatic carbocycles. The first-order valence-electron chi connectivity index (χ1n) is 5.17. The summed E-state index contributed by atoms with van der Waals surface area (Å²) < 4.78 is 4.66. The fraction of sp³-hybridized carbons (Fsp3) is 0.500. The number of hydrogen-bond donors (Lipinski definition) is 1. The second-order valence-corrected chi connectivity index (χ2v) is 4.70. The van der Waals surface area contributed by atoms with E-state index in [0.717, 1.165) is 5.82 Å². The van der Waals surface area contributed by atoms with Crippen LogP contribution in [0.15, 0.2) is 12.1 Å². The average molecular weight is 222 g/mol. The van der Waals surface area contributed by atoms with Gasteiger partial charge in [-0.1, -0.05) is 0 Å². The van der Waals surface area contributed by atoms with Crippen molar-refractivity contribution >= 4 is 11.8 Å². The van der Waals surface area contributed by atoms with E-state index in [1.54, 1.807) is 19.1 Å². The predicted molar refractivity (Wildman–Crippen MR) is 63.7 cm³/mol. The standard InChI is InChI=1S/C12H18N2O2/c1-8-9(11(15)16-5)6-7-10(13-8)14-12(2,3)4/h6-7H,1-5H3,(H,13,14). The van der Waals surface area contributed by atoms with Crippen LogP contribution in [-0.4, -0.2) is 23.6 Å². The van der Waals surface area contributed by atoms with Gasteiger partial charge < -0.3 is 10.1 Å². The Morgan fingerprint density at radius 2 is 2.00 bits per heavy atom. The van der Waals surface area contributed by atoms with Gasteiger partial charge >= 0.3 is 5.97 Å². The normalized spacial score (nSPS) is 11.1. The number of aryl methyl sites for hydroxylation is 1. The molecule has 0 saturated heterocycles. The summed E-state index contributed by atoms with van der Waals surface area (Å²) in [6, 6.07) is 3.51. The molecular weight excluding hydrogens is 204 g/mol. The Morgan fingerprint density at radius 1 is 1.38 bits per heavy atom. The van der Waals surface area contributed by atoms with Gasteiger partial charge in [0.2, 0.25) is 0 Å². The lowest BCUT2D eigenvalue weighted by molar-refractivity contribution is 0.0599. The Morgan fingerprint density at radius 3 is 2.44 bits per heavy atom. The summed E-state index contributed by atoms with van der Waals surface area (Å²) in [6.07, 6.45) is 0. The minimum absolute atomic E-state index is 0.0494. The zero-order valence-electron chi connectivity index (χ0n) is 10.4. The van der Waals surface area contributed by atoms with Crippen molar-refractivity contribution in [2.45, 2.75) is 33.2 Å². The van der Waals surface area contributed by atoms with Gasteiger partial charge in [0.1, 0.15) is 5.82 Å². The number of carbonyl (C=O) groups is 1. The van der Waals surface area contributed by atoms with Crippen molar-refractivity contribution in [2.24, 2.45) is 0 Å². The monoisotopic (exact) mass is 222 g/mol. The molecule has 0 aliphatic heterocycles. The average Bonchev–Trinajstić information content (AvgIpc) is 2.14. The fourth-order valence-corrected chi connectivity index (χ4v) is 1.34. The van der Waals surface area contributed by atoms with Gasteiger partial charge in [0.05, 0.1) is 18.4 Å². The summed E-state index contributed by atoms with van der Waals surface area (Å²) >= 11 is 0. The van der Waals surface area contributed by atoms with Crippen LogP contribution in [0.3, 0.4) is 0 Å². The van der Waals surface area contributed by atoms with Gasteiger partial charge in [0.25, 0.3) is 0 Å². The van der Waals surface area contributed by atoms with Gasteiger partial charge in [-0.25, -0.2) is 9.78 Å². The van der Waals surface area contributed by atoms with E-state index >= 15 is 0 Å². The highest BCUT2D eigenvalue weighted by Gasteiger charge is 2.13. The minimum atomic E-state index is -0.354. The van der Waals surface area contributed by atoms with Crippen LogP contribution in [0.5, 0.6) is 0 Å². The first kappa shape index (κ1) is 12.5. The molecule has 0 unspecified atom stereocenters. The van der Waals surface area contributed by atoms with Gasteiger partial charge in [-0.2, -0.15) is 0 Å². The van der Waals surface area contributed by atoms with Crippen molar-refractivity contribution in [3.63, 3.8) is 0 Å². The molecular formula is C12H18N2O2. The van der Waals surface area contributed by atoms with Crippen molar-refractivity contribution in [3.8, 4) is 0 Å². The first-order valence-corrected chi connectivity index (χ1v) is 5.17. The van der Waals surface area contributed by atoms with E-state index in [1.165, 1.54) is 7.11 Å². The number of hydrogen-bond acceptors (Lipinski definition) is 4. The fourth-order valence-electron chi connectivity index (χ4n) is 1.34. The molecule has 4 nitrogen and oxygen atoms in total. The van der Waals surface area contributed by atoms with E-state index in [2.05, 4.69) is 35.8 Å². The first-order chi connectivity index (χ1) is 7.33. The van der Waals surface area contributed by atoms with E-state index in [4.69, 9.17) is 0 Å². The molecule has 0 radical (unpaired) electrons. The third-order valence-electron chi connectivity index (χ3n) is 1.99. The Hall–Kier alpha value is -1.58. The number of aromatic nitrogens is 1. The van der Waals surface area contributed by atoms with Crippen molar-refractivity contribution in [1.82, 2.24) is 4.98 Å². The third kappa shape index (κ3) is 3.22. The van der Waals surface area contributed by atoms with Crippen molar-refractivity contribution < 1.29 is 9.53 Å². The van der Waals surface area contributed by atoms with Gasteiger partial charge in [-0.15, -0.1) is 0 Å². The molecule has 0 atom stereocenters. The molecule has 0 saturated carbocycles. The van der Waals surface area contributed by atoms with Crippen LogP contribution >= 0.6 is 0 Å². The maximum Gasteiger partial charge on any atom is 0.339 e. The number of ether oxygens (including phenoxy) is 1. The van der Waals surface area contributed by atoms with Crippen molar-refractivity contribution in [3.05, 3.63) is 23.4 Å². The molecule has 0 bridgehead atoms. The lowest BCUT2D eigenvalue weighted by Gasteiger charge is -2.21. The number of anilines is 1. The number of carbonyl (C=O) groups excluding carboxylic acids is 1. The maximum atomic E-state index is 11.3. The number of nitrogens with zero attached hydrogens (tertiary/aromatic N) is 1. The number of methoxy groups -OCH3 is 1. The van der Waals surface area contributed by atoms with Crippen molar-refractivity contribution in [1.29, 1.82) is 0 Å². The summed E-state index contributed by atoms with van der Waals surface area (Å²) in [5.74, 6) is 0.407. The molecule has 0 aliphatic rings. The highest BCUT2D eigenvalue weighted by atomic mass is 16.5. The van der Waals surface area contributed by atoms with E-state index < -0.39 is 0 Å². The van der Waals surface area contributed by atoms with E-state index in [-0.39, 0.29) is 11.5 Å². The SMILES string of the molecule is COC(=O)c1ccc(NC(C)(C)C)nc1C. The van der Waals surface area contributed by atoms with E-state index in [9.17, 15) is 4.79 Å². The van der Waals surface area contributed by atoms with Crippen LogP contribution in [0.1, 0.15) is 36.8 Å². The van der Waals surface area contributed by atoms with Crippen LogP contribution < -0.4 is 5.32 Å². The number of rotatable bonds is 2. The lowest BCUT2D eigenvalue weighted by atomic mass is 10.1. The summed E-state index contributed by atoms with van der Waals surface area (Å²) in [5.41, 5.74) is 1.12. The Bertz CT molecular complexity index is 394. The highest BCUT2D eigenvalue weighted by molar-refractivity contribution is 5.90. The predicted octanol–water partition coefficient (Wildman–Crippen LogP) is 2.39. The van der Waals surface area contributed by atoms with Gasteiger partial charge in [-0.05, 0) is 39.8 Å². The highest BCUT2D eigenvalue weighted by Crippen LogP contribution is 2.15. The number of esters is 1. The van der Waals surface area contributed by atoms with Crippen LogP contribution in [0, 0.1) is 6.92 Å². The molecule has 1 aromatic heterocycles. The Labute approximate surface area is 96.0 Å². The van der Waals surface area contributed by atoms with Crippen LogP contribution in [0.4, 0.5) is 5.82 Å². The van der Waals surface area contributed by atoms with Crippen molar-refractivity contribution in [2.75, 3.05) is 12.4 Å². The molecule has 1 N–H and O–H groups in total. The number of nitrogens with one attached hydrogen (secondary N) is 1. The van der Waals surface area contributed by atoms with Crippen LogP contribution in [0.2, 0.25) is 0 Å². The van der Waals surface area contributed by atoms with Crippen LogP contribution in [0.25, 0.3) is 0 Å². The van der Waals surface area contributed by atoms with Gasteiger partial charge in [-0.3, -0.25) is 0 Å². The molecule has 4 heteroatoms. The zero-order valence-corrected chi connectivity index (χ0v) is 10.4. The zero-order chi connectivity index (χ0) is 12.3.